The smallest absolute Gasteiger partial charge is 0.324 e. The van der Waals surface area contributed by atoms with E-state index in [4.69, 9.17) is 27.2 Å². The van der Waals surface area contributed by atoms with Crippen LogP contribution in [0.4, 0.5) is 0 Å². The summed E-state index contributed by atoms with van der Waals surface area (Å²) in [6, 6.07) is 0.484. The molecule has 1 aromatic heterocycles. The van der Waals surface area contributed by atoms with Crippen LogP contribution in [0.5, 0.6) is 5.75 Å². The van der Waals surface area contributed by atoms with Crippen LogP contribution >= 0.6 is 11.6 Å². The van der Waals surface area contributed by atoms with Crippen molar-refractivity contribution >= 4 is 17.6 Å². The highest BCUT2D eigenvalue weighted by Gasteiger charge is 2.11. The average Bonchev–Trinajstić information content (AvgIpc) is 2.14. The summed E-state index contributed by atoms with van der Waals surface area (Å²) in [5, 5.41) is 8.89. The fourth-order valence-electron chi connectivity index (χ4n) is 0.729. The Kier molecular flexibility index (Phi) is 3.67. The predicted molar refractivity (Wildman–Crippen MR) is 50.4 cm³/mol. The molecule has 0 bridgehead atoms. The molecule has 0 amide bonds. The lowest BCUT2D eigenvalue weighted by Gasteiger charge is -2.08. The molecule has 5 nitrogen and oxygen atoms in total. The van der Waals surface area contributed by atoms with Crippen LogP contribution in [0, 0.1) is 0 Å². The van der Waals surface area contributed by atoms with Gasteiger partial charge in [-0.1, -0.05) is 11.6 Å². The van der Waals surface area contributed by atoms with E-state index in [1.54, 1.807) is 0 Å². The normalized spacial score (nSPS) is 12.1. The summed E-state index contributed by atoms with van der Waals surface area (Å²) in [5.41, 5.74) is 5.22. The average molecular weight is 217 g/mol. The van der Waals surface area contributed by atoms with Crippen LogP contribution in [0.1, 0.15) is 0 Å². The molecule has 3 N–H and O–H groups in total. The van der Waals surface area contributed by atoms with Gasteiger partial charge in [-0.3, -0.25) is 9.78 Å². The molecule has 1 rings (SSSR count). The number of aromatic nitrogens is 1. The zero-order valence-corrected chi connectivity index (χ0v) is 7.94. The molecule has 0 fully saturated rings. The molecule has 0 aliphatic carbocycles. The summed E-state index contributed by atoms with van der Waals surface area (Å²) in [5.74, 6) is -0.714. The quantitative estimate of drug-likeness (QED) is 0.767. The molecule has 14 heavy (non-hydrogen) atoms. The minimum atomic E-state index is -1.11. The van der Waals surface area contributed by atoms with Gasteiger partial charge in [0.25, 0.3) is 0 Å². The summed E-state index contributed by atoms with van der Waals surface area (Å²) in [6.45, 7) is -0.114. The number of hydrogen-bond donors (Lipinski definition) is 2. The molecule has 1 unspecified atom stereocenters. The van der Waals surface area contributed by atoms with E-state index in [1.165, 1.54) is 18.5 Å². The minimum Gasteiger partial charge on any atom is -0.490 e. The number of rotatable bonds is 4. The largest absolute Gasteiger partial charge is 0.490 e. The van der Waals surface area contributed by atoms with Crippen molar-refractivity contribution in [3.8, 4) is 5.75 Å². The summed E-state index contributed by atoms with van der Waals surface area (Å²) in [6.07, 6.45) is 2.88. The molecular weight excluding hydrogens is 208 g/mol. The van der Waals surface area contributed by atoms with Gasteiger partial charge in [-0.25, -0.2) is 0 Å². The van der Waals surface area contributed by atoms with Crippen LogP contribution in [-0.4, -0.2) is 28.7 Å². The Hall–Kier alpha value is -1.33. The highest BCUT2D eigenvalue weighted by molar-refractivity contribution is 6.30. The van der Waals surface area contributed by atoms with E-state index in [0.29, 0.717) is 10.8 Å². The maximum Gasteiger partial charge on any atom is 0.324 e. The van der Waals surface area contributed by atoms with Crippen LogP contribution in [0.25, 0.3) is 0 Å². The second-order valence-electron chi connectivity index (χ2n) is 2.59. The lowest BCUT2D eigenvalue weighted by molar-refractivity contribution is -0.139. The second kappa shape index (κ2) is 4.78. The molecule has 0 aliphatic rings. The van der Waals surface area contributed by atoms with Crippen molar-refractivity contribution in [3.63, 3.8) is 0 Å². The fourth-order valence-corrected chi connectivity index (χ4v) is 0.892. The van der Waals surface area contributed by atoms with E-state index in [1.807, 2.05) is 0 Å². The zero-order valence-electron chi connectivity index (χ0n) is 7.18. The van der Waals surface area contributed by atoms with Crippen molar-refractivity contribution in [3.05, 3.63) is 23.5 Å². The van der Waals surface area contributed by atoms with Gasteiger partial charge in [0.05, 0.1) is 11.2 Å². The van der Waals surface area contributed by atoms with Gasteiger partial charge in [0.15, 0.2) is 0 Å². The van der Waals surface area contributed by atoms with Crippen molar-refractivity contribution in [2.45, 2.75) is 6.04 Å². The molecule has 0 spiro atoms. The number of carboxylic acid groups (broad SMARTS) is 1. The van der Waals surface area contributed by atoms with Gasteiger partial charge in [0, 0.05) is 12.3 Å². The fraction of sp³-hybridized carbons (Fsp3) is 0.250. The number of nitrogens with two attached hydrogens (primary N) is 1. The molecular formula is C8H9ClN2O3. The number of carbonyl (C=O) groups is 1. The van der Waals surface area contributed by atoms with Crippen LogP contribution in [0.15, 0.2) is 18.5 Å². The maximum absolute atomic E-state index is 10.3. The summed E-state index contributed by atoms with van der Waals surface area (Å²) in [4.78, 5) is 14.1. The van der Waals surface area contributed by atoms with E-state index in [0.717, 1.165) is 0 Å². The zero-order chi connectivity index (χ0) is 10.6. The number of aliphatic carboxylic acids is 1. The first-order chi connectivity index (χ1) is 6.59. The third-order valence-electron chi connectivity index (χ3n) is 1.43. The summed E-state index contributed by atoms with van der Waals surface area (Å²) < 4.78 is 5.06. The van der Waals surface area contributed by atoms with Gasteiger partial charge < -0.3 is 15.6 Å². The molecule has 6 heteroatoms. The number of ether oxygens (including phenoxy) is 1. The summed E-state index contributed by atoms with van der Waals surface area (Å²) in [7, 11) is 0. The Morgan fingerprint density at radius 1 is 1.71 bits per heavy atom. The number of carboxylic acids is 1. The second-order valence-corrected chi connectivity index (χ2v) is 3.03. The van der Waals surface area contributed by atoms with Gasteiger partial charge in [0.2, 0.25) is 0 Å². The molecule has 0 saturated carbocycles. The Morgan fingerprint density at radius 3 is 3.00 bits per heavy atom. The van der Waals surface area contributed by atoms with Gasteiger partial charge >= 0.3 is 5.97 Å². The Balaban J connectivity index is 2.49. The minimum absolute atomic E-state index is 0.114. The van der Waals surface area contributed by atoms with Crippen molar-refractivity contribution < 1.29 is 14.6 Å². The van der Waals surface area contributed by atoms with E-state index in [9.17, 15) is 4.79 Å². The number of nitrogens with zero attached hydrogens (tertiary/aromatic N) is 1. The third kappa shape index (κ3) is 3.20. The highest BCUT2D eigenvalue weighted by Crippen LogP contribution is 2.14. The SMILES string of the molecule is NC(COc1cncc(Cl)c1)C(=O)O. The number of pyridine rings is 1. The molecule has 0 aliphatic heterocycles. The van der Waals surface area contributed by atoms with Crippen LogP contribution < -0.4 is 10.5 Å². The van der Waals surface area contributed by atoms with Crippen molar-refractivity contribution in [1.82, 2.24) is 4.98 Å². The third-order valence-corrected chi connectivity index (χ3v) is 1.63. The van der Waals surface area contributed by atoms with E-state index in [2.05, 4.69) is 4.98 Å². The lowest BCUT2D eigenvalue weighted by atomic mass is 10.3. The van der Waals surface area contributed by atoms with Crippen LogP contribution in [-0.2, 0) is 4.79 Å². The van der Waals surface area contributed by atoms with Gasteiger partial charge in [0.1, 0.15) is 18.4 Å². The first kappa shape index (κ1) is 10.7. The van der Waals surface area contributed by atoms with E-state index in [-0.39, 0.29) is 6.61 Å². The first-order valence-corrected chi connectivity index (χ1v) is 4.19. The monoisotopic (exact) mass is 216 g/mol. The molecule has 1 atom stereocenters. The predicted octanol–water partition coefficient (Wildman–Crippen LogP) is 0.526. The van der Waals surface area contributed by atoms with Crippen molar-refractivity contribution in [2.24, 2.45) is 5.73 Å². The first-order valence-electron chi connectivity index (χ1n) is 3.81. The van der Waals surface area contributed by atoms with Gasteiger partial charge in [-0.05, 0) is 0 Å². The molecule has 0 radical (unpaired) electrons. The maximum atomic E-state index is 10.3. The molecule has 76 valence electrons. The lowest BCUT2D eigenvalue weighted by Crippen LogP contribution is -2.36. The van der Waals surface area contributed by atoms with Crippen molar-refractivity contribution in [1.29, 1.82) is 0 Å². The van der Waals surface area contributed by atoms with Crippen molar-refractivity contribution in [2.75, 3.05) is 6.61 Å². The van der Waals surface area contributed by atoms with Crippen LogP contribution in [0.2, 0.25) is 5.02 Å². The van der Waals surface area contributed by atoms with Gasteiger partial charge in [-0.15, -0.1) is 0 Å². The molecule has 1 aromatic rings. The van der Waals surface area contributed by atoms with Gasteiger partial charge in [-0.2, -0.15) is 0 Å². The number of halogens is 1. The molecule has 0 saturated heterocycles. The van der Waals surface area contributed by atoms with Crippen LogP contribution in [0.3, 0.4) is 0 Å². The van der Waals surface area contributed by atoms with E-state index < -0.39 is 12.0 Å². The Bertz CT molecular complexity index is 332. The topological polar surface area (TPSA) is 85.4 Å². The Morgan fingerprint density at radius 2 is 2.43 bits per heavy atom. The molecule has 1 heterocycles. The standard InChI is InChI=1S/C8H9ClN2O3/c9-5-1-6(3-11-2-5)14-4-7(10)8(12)13/h1-3,7H,4,10H2,(H,12,13). The number of hydrogen-bond acceptors (Lipinski definition) is 4. The van der Waals surface area contributed by atoms with E-state index >= 15 is 0 Å². The highest BCUT2D eigenvalue weighted by atomic mass is 35.5. The summed E-state index contributed by atoms with van der Waals surface area (Å²) >= 11 is 5.63. The molecule has 0 aromatic carbocycles. The Labute approximate surface area is 85.5 Å².